The van der Waals surface area contributed by atoms with Gasteiger partial charge in [0.15, 0.2) is 5.96 Å². The fourth-order valence-electron chi connectivity index (χ4n) is 4.21. The zero-order valence-corrected chi connectivity index (χ0v) is 20.8. The third-order valence-corrected chi connectivity index (χ3v) is 5.77. The van der Waals surface area contributed by atoms with Crippen molar-refractivity contribution in [2.75, 3.05) is 53.0 Å². The van der Waals surface area contributed by atoms with Gasteiger partial charge in [0.05, 0.1) is 25.9 Å². The standard InChI is InChI=1S/C22H35FN4O2.HI/c1-16(2)20(26-9-11-28-12-10-26)13-25-22(24-4)27-14-17(3)29-21(15-27)18-5-7-19(23)8-6-18;/h5-8,16-17,20-21H,9-15H2,1-4H3,(H,24,25);1H. The van der Waals surface area contributed by atoms with Gasteiger partial charge in [0.25, 0.3) is 0 Å². The van der Waals surface area contributed by atoms with Crippen LogP contribution in [0.2, 0.25) is 0 Å². The molecule has 0 radical (unpaired) electrons. The number of benzene rings is 1. The van der Waals surface area contributed by atoms with Gasteiger partial charge in [-0.3, -0.25) is 9.89 Å². The summed E-state index contributed by atoms with van der Waals surface area (Å²) in [4.78, 5) is 9.30. The molecule has 170 valence electrons. The summed E-state index contributed by atoms with van der Waals surface area (Å²) in [7, 11) is 1.83. The number of guanidine groups is 1. The third kappa shape index (κ3) is 6.77. The summed E-state index contributed by atoms with van der Waals surface area (Å²) in [5, 5.41) is 3.60. The van der Waals surface area contributed by atoms with Crippen molar-refractivity contribution in [3.05, 3.63) is 35.6 Å². The van der Waals surface area contributed by atoms with Crippen molar-refractivity contribution in [2.45, 2.75) is 39.0 Å². The van der Waals surface area contributed by atoms with Gasteiger partial charge in [-0.25, -0.2) is 4.39 Å². The van der Waals surface area contributed by atoms with Crippen molar-refractivity contribution in [2.24, 2.45) is 10.9 Å². The first-order valence-corrected chi connectivity index (χ1v) is 10.7. The van der Waals surface area contributed by atoms with Crippen LogP contribution in [0.3, 0.4) is 0 Å². The molecule has 3 unspecified atom stereocenters. The molecular formula is C22H36FIN4O2. The number of nitrogens with one attached hydrogen (secondary N) is 1. The van der Waals surface area contributed by atoms with E-state index in [1.807, 2.05) is 7.05 Å². The van der Waals surface area contributed by atoms with Gasteiger partial charge >= 0.3 is 0 Å². The van der Waals surface area contributed by atoms with E-state index in [0.717, 1.165) is 50.9 Å². The fourth-order valence-corrected chi connectivity index (χ4v) is 4.21. The number of hydrogen-bond acceptors (Lipinski definition) is 4. The molecule has 30 heavy (non-hydrogen) atoms. The maximum Gasteiger partial charge on any atom is 0.193 e. The average molecular weight is 534 g/mol. The molecule has 2 heterocycles. The van der Waals surface area contributed by atoms with Crippen molar-refractivity contribution in [1.29, 1.82) is 0 Å². The van der Waals surface area contributed by atoms with Gasteiger partial charge < -0.3 is 19.7 Å². The Kier molecular flexibility index (Phi) is 10.3. The second-order valence-corrected chi connectivity index (χ2v) is 8.28. The van der Waals surface area contributed by atoms with Crippen LogP contribution in [0.25, 0.3) is 0 Å². The molecule has 0 amide bonds. The summed E-state index contributed by atoms with van der Waals surface area (Å²) in [5.74, 6) is 1.20. The lowest BCUT2D eigenvalue weighted by Gasteiger charge is -2.40. The van der Waals surface area contributed by atoms with Crippen LogP contribution in [0, 0.1) is 11.7 Å². The number of nitrogens with zero attached hydrogens (tertiary/aromatic N) is 3. The predicted molar refractivity (Wildman–Crippen MR) is 129 cm³/mol. The summed E-state index contributed by atoms with van der Waals surface area (Å²) < 4.78 is 24.9. The van der Waals surface area contributed by atoms with Crippen LogP contribution in [0.4, 0.5) is 4.39 Å². The molecule has 2 saturated heterocycles. The highest BCUT2D eigenvalue weighted by Crippen LogP contribution is 2.25. The number of hydrogen-bond donors (Lipinski definition) is 1. The van der Waals surface area contributed by atoms with E-state index < -0.39 is 0 Å². The highest BCUT2D eigenvalue weighted by atomic mass is 127. The van der Waals surface area contributed by atoms with Crippen molar-refractivity contribution in [3.63, 3.8) is 0 Å². The van der Waals surface area contributed by atoms with E-state index in [-0.39, 0.29) is 42.0 Å². The van der Waals surface area contributed by atoms with E-state index in [4.69, 9.17) is 9.47 Å². The first-order valence-electron chi connectivity index (χ1n) is 10.7. The van der Waals surface area contributed by atoms with Crippen LogP contribution in [-0.4, -0.2) is 80.9 Å². The van der Waals surface area contributed by atoms with E-state index in [9.17, 15) is 4.39 Å². The number of rotatable bonds is 5. The Bertz CT molecular complexity index is 668. The van der Waals surface area contributed by atoms with Gasteiger partial charge in [-0.15, -0.1) is 24.0 Å². The molecule has 0 bridgehead atoms. The Morgan fingerprint density at radius 2 is 1.87 bits per heavy atom. The summed E-state index contributed by atoms with van der Waals surface area (Å²) in [6.45, 7) is 12.5. The molecule has 0 spiro atoms. The Morgan fingerprint density at radius 1 is 1.20 bits per heavy atom. The molecule has 2 aliphatic rings. The van der Waals surface area contributed by atoms with Crippen molar-refractivity contribution in [3.8, 4) is 0 Å². The molecule has 8 heteroatoms. The minimum atomic E-state index is -0.227. The number of aliphatic imine (C=N–C) groups is 1. The Labute approximate surface area is 197 Å². The molecule has 0 saturated carbocycles. The molecule has 1 aromatic rings. The molecule has 1 N–H and O–H groups in total. The predicted octanol–water partition coefficient (Wildman–Crippen LogP) is 3.14. The average Bonchev–Trinajstić information content (AvgIpc) is 2.71. The van der Waals surface area contributed by atoms with Crippen LogP contribution in [-0.2, 0) is 9.47 Å². The van der Waals surface area contributed by atoms with Gasteiger partial charge in [-0.2, -0.15) is 0 Å². The third-order valence-electron chi connectivity index (χ3n) is 5.77. The van der Waals surface area contributed by atoms with Gasteiger partial charge in [0.2, 0.25) is 0 Å². The second-order valence-electron chi connectivity index (χ2n) is 8.28. The molecule has 1 aromatic carbocycles. The highest BCUT2D eigenvalue weighted by Gasteiger charge is 2.30. The van der Waals surface area contributed by atoms with Crippen molar-refractivity contribution < 1.29 is 13.9 Å². The summed E-state index contributed by atoms with van der Waals surface area (Å²) in [6.07, 6.45) is -0.0319. The number of morpholine rings is 2. The number of halogens is 2. The van der Waals surface area contributed by atoms with Crippen LogP contribution in [0.1, 0.15) is 32.4 Å². The zero-order valence-electron chi connectivity index (χ0n) is 18.5. The minimum Gasteiger partial charge on any atom is -0.379 e. The SMILES string of the molecule is CN=C(NCC(C(C)C)N1CCOCC1)N1CC(C)OC(c2ccc(F)cc2)C1.I. The van der Waals surface area contributed by atoms with Gasteiger partial charge in [-0.1, -0.05) is 26.0 Å². The van der Waals surface area contributed by atoms with Gasteiger partial charge in [-0.05, 0) is 30.5 Å². The van der Waals surface area contributed by atoms with Crippen LogP contribution in [0.15, 0.2) is 29.3 Å². The summed E-state index contributed by atoms with van der Waals surface area (Å²) in [5.41, 5.74) is 0.992. The lowest BCUT2D eigenvalue weighted by Crippen LogP contribution is -2.55. The smallest absolute Gasteiger partial charge is 0.193 e. The molecule has 6 nitrogen and oxygen atoms in total. The second kappa shape index (κ2) is 12.2. The van der Waals surface area contributed by atoms with E-state index in [1.165, 1.54) is 12.1 Å². The maximum atomic E-state index is 13.3. The monoisotopic (exact) mass is 534 g/mol. The molecule has 0 aliphatic carbocycles. The first kappa shape index (κ1) is 25.3. The molecule has 2 fully saturated rings. The molecule has 2 aliphatic heterocycles. The Hall–Kier alpha value is -0.970. The van der Waals surface area contributed by atoms with E-state index in [1.54, 1.807) is 12.1 Å². The normalized spacial score (nSPS) is 24.5. The summed E-state index contributed by atoms with van der Waals surface area (Å²) in [6, 6.07) is 7.02. The van der Waals surface area contributed by atoms with Crippen molar-refractivity contribution in [1.82, 2.24) is 15.1 Å². The van der Waals surface area contributed by atoms with E-state index in [2.05, 4.69) is 40.9 Å². The first-order chi connectivity index (χ1) is 14.0. The summed E-state index contributed by atoms with van der Waals surface area (Å²) >= 11 is 0. The molecular weight excluding hydrogens is 498 g/mol. The largest absolute Gasteiger partial charge is 0.379 e. The Morgan fingerprint density at radius 3 is 2.47 bits per heavy atom. The topological polar surface area (TPSA) is 49.3 Å². The van der Waals surface area contributed by atoms with Gasteiger partial charge in [0.1, 0.15) is 11.9 Å². The number of ether oxygens (including phenoxy) is 2. The molecule has 0 aromatic heterocycles. The zero-order chi connectivity index (χ0) is 20.8. The van der Waals surface area contributed by atoms with Crippen LogP contribution < -0.4 is 5.32 Å². The fraction of sp³-hybridized carbons (Fsp3) is 0.682. The highest BCUT2D eigenvalue weighted by molar-refractivity contribution is 14.0. The molecule has 3 atom stereocenters. The Balaban J connectivity index is 0.00000320. The lowest BCUT2D eigenvalue weighted by molar-refractivity contribution is -0.0606. The minimum absolute atomic E-state index is 0. The van der Waals surface area contributed by atoms with E-state index >= 15 is 0 Å². The van der Waals surface area contributed by atoms with Crippen LogP contribution >= 0.6 is 24.0 Å². The quantitative estimate of drug-likeness (QED) is 0.358. The maximum absolute atomic E-state index is 13.3. The molecule has 3 rings (SSSR count). The van der Waals surface area contributed by atoms with E-state index in [0.29, 0.717) is 18.5 Å². The van der Waals surface area contributed by atoms with Gasteiger partial charge in [0, 0.05) is 39.3 Å². The lowest BCUT2D eigenvalue weighted by atomic mass is 10.0. The van der Waals surface area contributed by atoms with Crippen LogP contribution in [0.5, 0.6) is 0 Å². The van der Waals surface area contributed by atoms with Crippen molar-refractivity contribution >= 4 is 29.9 Å².